The second kappa shape index (κ2) is 6.30. The fraction of sp³-hybridized carbons (Fsp3) is 0.273. The first-order valence-corrected chi connectivity index (χ1v) is 6.94. The maximum atomic E-state index is 11.7. The van der Waals surface area contributed by atoms with Gasteiger partial charge in [-0.25, -0.2) is 13.1 Å². The number of carboxylic acids is 2. The zero-order chi connectivity index (χ0) is 14.5. The minimum absolute atomic E-state index is 0.406. The molecule has 104 valence electrons. The summed E-state index contributed by atoms with van der Waals surface area (Å²) < 4.78 is 25.3. The molecule has 1 atom stereocenters. The molecule has 0 aromatic heterocycles. The Morgan fingerprint density at radius 1 is 1.16 bits per heavy atom. The topological polar surface area (TPSA) is 121 Å². The van der Waals surface area contributed by atoms with E-state index in [0.29, 0.717) is 5.56 Å². The highest BCUT2D eigenvalue weighted by Crippen LogP contribution is 2.06. The first-order valence-electron chi connectivity index (χ1n) is 5.28. The minimum Gasteiger partial charge on any atom is -0.481 e. The van der Waals surface area contributed by atoms with E-state index in [1.54, 1.807) is 30.3 Å². The summed E-state index contributed by atoms with van der Waals surface area (Å²) in [6.07, 6.45) is -0.816. The zero-order valence-corrected chi connectivity index (χ0v) is 10.6. The predicted octanol–water partition coefficient (Wildman–Crippen LogP) is 0.0339. The lowest BCUT2D eigenvalue weighted by atomic mass is 10.2. The minimum atomic E-state index is -3.92. The fourth-order valence-corrected chi connectivity index (χ4v) is 2.74. The Morgan fingerprint density at radius 2 is 1.74 bits per heavy atom. The van der Waals surface area contributed by atoms with Gasteiger partial charge in [0.15, 0.2) is 0 Å². The van der Waals surface area contributed by atoms with Gasteiger partial charge in [-0.1, -0.05) is 30.3 Å². The summed E-state index contributed by atoms with van der Waals surface area (Å²) in [6, 6.07) is 6.49. The van der Waals surface area contributed by atoms with Gasteiger partial charge >= 0.3 is 11.9 Å². The molecule has 0 saturated heterocycles. The zero-order valence-electron chi connectivity index (χ0n) is 9.81. The van der Waals surface area contributed by atoms with Crippen molar-refractivity contribution in [1.82, 2.24) is 4.72 Å². The molecule has 1 aromatic rings. The summed E-state index contributed by atoms with van der Waals surface area (Å²) in [5.41, 5.74) is 0.481. The van der Waals surface area contributed by atoms with Crippen LogP contribution in [0.5, 0.6) is 0 Å². The van der Waals surface area contributed by atoms with Crippen molar-refractivity contribution in [2.75, 3.05) is 0 Å². The lowest BCUT2D eigenvalue weighted by Gasteiger charge is -2.12. The average molecular weight is 287 g/mol. The first-order chi connectivity index (χ1) is 8.80. The average Bonchev–Trinajstić information content (AvgIpc) is 2.27. The molecular weight excluding hydrogens is 274 g/mol. The molecule has 0 unspecified atom stereocenters. The summed E-state index contributed by atoms with van der Waals surface area (Å²) in [5.74, 6) is -3.33. The molecule has 0 aliphatic heterocycles. The van der Waals surface area contributed by atoms with Gasteiger partial charge < -0.3 is 10.2 Å². The lowest BCUT2D eigenvalue weighted by Crippen LogP contribution is -2.42. The SMILES string of the molecule is O=C(O)C[C@H](NS(=O)(=O)Cc1ccccc1)C(=O)O. The standard InChI is InChI=1S/C11H13NO6S/c13-10(14)6-9(11(15)16)12-19(17,18)7-8-4-2-1-3-5-8/h1-5,9,12H,6-7H2,(H,13,14)(H,15,16)/t9-/m0/s1. The van der Waals surface area contributed by atoms with Crippen molar-refractivity contribution in [1.29, 1.82) is 0 Å². The molecule has 19 heavy (non-hydrogen) atoms. The summed E-state index contributed by atoms with van der Waals surface area (Å²) in [5, 5.41) is 17.3. The molecule has 0 aliphatic rings. The molecule has 0 heterocycles. The van der Waals surface area contributed by atoms with Crippen LogP contribution < -0.4 is 4.72 Å². The van der Waals surface area contributed by atoms with Crippen molar-refractivity contribution < 1.29 is 28.2 Å². The number of benzene rings is 1. The van der Waals surface area contributed by atoms with Gasteiger partial charge in [-0.05, 0) is 5.56 Å². The smallest absolute Gasteiger partial charge is 0.322 e. The monoisotopic (exact) mass is 287 g/mol. The lowest BCUT2D eigenvalue weighted by molar-refractivity contribution is -0.145. The van der Waals surface area contributed by atoms with Crippen LogP contribution in [0.25, 0.3) is 0 Å². The predicted molar refractivity (Wildman–Crippen MR) is 65.9 cm³/mol. The summed E-state index contributed by atoms with van der Waals surface area (Å²) in [4.78, 5) is 21.2. The number of sulfonamides is 1. The number of nitrogens with one attached hydrogen (secondary N) is 1. The number of hydrogen-bond donors (Lipinski definition) is 3. The Hall–Kier alpha value is -1.93. The molecular formula is C11H13NO6S. The van der Waals surface area contributed by atoms with Crippen molar-refractivity contribution >= 4 is 22.0 Å². The van der Waals surface area contributed by atoms with Crippen molar-refractivity contribution in [3.05, 3.63) is 35.9 Å². The van der Waals surface area contributed by atoms with Crippen LogP contribution >= 0.6 is 0 Å². The van der Waals surface area contributed by atoms with Crippen molar-refractivity contribution in [2.45, 2.75) is 18.2 Å². The van der Waals surface area contributed by atoms with Crippen LogP contribution in [0, 0.1) is 0 Å². The molecule has 0 saturated carbocycles. The Labute approximate surface area is 109 Å². The molecule has 0 aliphatic carbocycles. The Kier molecular flexibility index (Phi) is 5.02. The van der Waals surface area contributed by atoms with Crippen LogP contribution in [-0.4, -0.2) is 36.6 Å². The third-order valence-electron chi connectivity index (χ3n) is 2.20. The normalized spacial score (nSPS) is 12.8. The molecule has 7 nitrogen and oxygen atoms in total. The van der Waals surface area contributed by atoms with Crippen LogP contribution in [0.15, 0.2) is 30.3 Å². The van der Waals surface area contributed by atoms with Gasteiger partial charge in [0.05, 0.1) is 12.2 Å². The van der Waals surface area contributed by atoms with E-state index in [1.165, 1.54) is 0 Å². The van der Waals surface area contributed by atoms with Crippen molar-refractivity contribution in [3.8, 4) is 0 Å². The third kappa shape index (κ3) is 5.49. The Morgan fingerprint density at radius 3 is 2.21 bits per heavy atom. The third-order valence-corrected chi connectivity index (χ3v) is 3.56. The quantitative estimate of drug-likeness (QED) is 0.650. The van der Waals surface area contributed by atoms with Crippen LogP contribution in [0.1, 0.15) is 12.0 Å². The molecule has 3 N–H and O–H groups in total. The number of carbonyl (C=O) groups is 2. The summed E-state index contributed by atoms with van der Waals surface area (Å²) in [7, 11) is -3.92. The number of carboxylic acid groups (broad SMARTS) is 2. The van der Waals surface area contributed by atoms with E-state index in [-0.39, 0.29) is 0 Å². The number of hydrogen-bond acceptors (Lipinski definition) is 4. The van der Waals surface area contributed by atoms with E-state index in [2.05, 4.69) is 0 Å². The Bertz CT molecular complexity index is 554. The van der Waals surface area contributed by atoms with E-state index in [9.17, 15) is 18.0 Å². The largest absolute Gasteiger partial charge is 0.481 e. The van der Waals surface area contributed by atoms with Crippen LogP contribution in [0.3, 0.4) is 0 Å². The summed E-state index contributed by atoms with van der Waals surface area (Å²) in [6.45, 7) is 0. The van der Waals surface area contributed by atoms with E-state index in [0.717, 1.165) is 0 Å². The first kappa shape index (κ1) is 15.1. The van der Waals surface area contributed by atoms with E-state index >= 15 is 0 Å². The maximum Gasteiger partial charge on any atom is 0.322 e. The molecule has 0 spiro atoms. The van der Waals surface area contributed by atoms with E-state index in [4.69, 9.17) is 10.2 Å². The second-order valence-electron chi connectivity index (χ2n) is 3.85. The Balaban J connectivity index is 2.77. The molecule has 1 aromatic carbocycles. The van der Waals surface area contributed by atoms with Crippen LogP contribution in [-0.2, 0) is 25.4 Å². The number of rotatable bonds is 7. The molecule has 1 rings (SSSR count). The van der Waals surface area contributed by atoms with Gasteiger partial charge in [0, 0.05) is 0 Å². The van der Waals surface area contributed by atoms with Gasteiger partial charge in [-0.15, -0.1) is 0 Å². The molecule has 0 bridgehead atoms. The molecule has 0 amide bonds. The highest BCUT2D eigenvalue weighted by atomic mass is 32.2. The van der Waals surface area contributed by atoms with Gasteiger partial charge in [0.1, 0.15) is 6.04 Å². The van der Waals surface area contributed by atoms with Crippen molar-refractivity contribution in [3.63, 3.8) is 0 Å². The van der Waals surface area contributed by atoms with Crippen LogP contribution in [0.4, 0.5) is 0 Å². The molecule has 8 heteroatoms. The highest BCUT2D eigenvalue weighted by molar-refractivity contribution is 7.88. The molecule has 0 fully saturated rings. The van der Waals surface area contributed by atoms with Gasteiger partial charge in [0.2, 0.25) is 10.0 Å². The fourth-order valence-electron chi connectivity index (χ4n) is 1.41. The van der Waals surface area contributed by atoms with Crippen molar-refractivity contribution in [2.24, 2.45) is 0 Å². The summed E-state index contributed by atoms with van der Waals surface area (Å²) >= 11 is 0. The number of aliphatic carboxylic acids is 2. The van der Waals surface area contributed by atoms with Gasteiger partial charge in [0.25, 0.3) is 0 Å². The second-order valence-corrected chi connectivity index (χ2v) is 5.61. The highest BCUT2D eigenvalue weighted by Gasteiger charge is 2.26. The maximum absolute atomic E-state index is 11.7. The van der Waals surface area contributed by atoms with Crippen LogP contribution in [0.2, 0.25) is 0 Å². The molecule has 0 radical (unpaired) electrons. The van der Waals surface area contributed by atoms with Gasteiger partial charge in [-0.2, -0.15) is 0 Å². The van der Waals surface area contributed by atoms with Gasteiger partial charge in [-0.3, -0.25) is 9.59 Å². The van der Waals surface area contributed by atoms with E-state index < -0.39 is 40.2 Å². The van der Waals surface area contributed by atoms with E-state index in [1.807, 2.05) is 4.72 Å².